The third-order valence-electron chi connectivity index (χ3n) is 4.57. The molecule has 4 rings (SSSR count). The highest BCUT2D eigenvalue weighted by Gasteiger charge is 2.37. The molecule has 0 radical (unpaired) electrons. The number of rotatable bonds is 4. The number of hydrogen-bond acceptors (Lipinski definition) is 5. The van der Waals surface area contributed by atoms with Crippen molar-refractivity contribution in [1.82, 2.24) is 19.5 Å². The lowest BCUT2D eigenvalue weighted by atomic mass is 9.99. The van der Waals surface area contributed by atoms with Crippen molar-refractivity contribution in [1.29, 1.82) is 0 Å². The molecule has 1 fully saturated rings. The molecule has 4 heterocycles. The van der Waals surface area contributed by atoms with Crippen LogP contribution in [0, 0.1) is 5.92 Å². The highest BCUT2D eigenvalue weighted by molar-refractivity contribution is 6.01. The summed E-state index contributed by atoms with van der Waals surface area (Å²) in [6, 6.07) is 3.62. The van der Waals surface area contributed by atoms with E-state index < -0.39 is 0 Å². The molecule has 1 amide bonds. The number of anilines is 1. The van der Waals surface area contributed by atoms with E-state index in [-0.39, 0.29) is 17.9 Å². The Morgan fingerprint density at radius 3 is 3.12 bits per heavy atom. The van der Waals surface area contributed by atoms with Gasteiger partial charge in [0, 0.05) is 49.5 Å². The zero-order valence-electron chi connectivity index (χ0n) is 13.9. The molecule has 1 N–H and O–H groups in total. The van der Waals surface area contributed by atoms with E-state index >= 15 is 0 Å². The third kappa shape index (κ3) is 2.87. The molecular weight excluding hydrogens is 318 g/mol. The molecule has 0 unspecified atom stereocenters. The number of pyridine rings is 2. The van der Waals surface area contributed by atoms with Gasteiger partial charge < -0.3 is 14.6 Å². The van der Waals surface area contributed by atoms with Crippen molar-refractivity contribution in [2.24, 2.45) is 5.92 Å². The molecular formula is C18H19N5O2. The van der Waals surface area contributed by atoms with Gasteiger partial charge in [-0.15, -0.1) is 0 Å². The molecule has 1 saturated heterocycles. The Hall–Kier alpha value is -2.80. The van der Waals surface area contributed by atoms with E-state index in [4.69, 9.17) is 4.74 Å². The van der Waals surface area contributed by atoms with Crippen molar-refractivity contribution >= 4 is 22.5 Å². The Morgan fingerprint density at radius 2 is 2.24 bits per heavy atom. The molecule has 1 aliphatic heterocycles. The van der Waals surface area contributed by atoms with Crippen LogP contribution < -0.4 is 5.32 Å². The largest absolute Gasteiger partial charge is 0.369 e. The minimum Gasteiger partial charge on any atom is -0.369 e. The van der Waals surface area contributed by atoms with Crippen LogP contribution >= 0.6 is 0 Å². The monoisotopic (exact) mass is 337 g/mol. The number of nitrogens with one attached hydrogen (secondary N) is 1. The van der Waals surface area contributed by atoms with E-state index in [1.807, 2.05) is 23.8 Å². The molecule has 0 aliphatic carbocycles. The molecule has 25 heavy (non-hydrogen) atoms. The van der Waals surface area contributed by atoms with Crippen molar-refractivity contribution in [3.05, 3.63) is 48.9 Å². The Balaban J connectivity index is 1.60. The van der Waals surface area contributed by atoms with Gasteiger partial charge in [-0.1, -0.05) is 0 Å². The molecule has 3 aromatic heterocycles. The summed E-state index contributed by atoms with van der Waals surface area (Å²) >= 11 is 0. The quantitative estimate of drug-likeness (QED) is 0.791. The third-order valence-corrected chi connectivity index (χ3v) is 4.57. The maximum absolute atomic E-state index is 12.9. The van der Waals surface area contributed by atoms with Gasteiger partial charge in [-0.25, -0.2) is 4.98 Å². The topological polar surface area (TPSA) is 81.9 Å². The van der Waals surface area contributed by atoms with Crippen molar-refractivity contribution in [3.8, 4) is 0 Å². The van der Waals surface area contributed by atoms with Crippen LogP contribution in [0.3, 0.4) is 0 Å². The summed E-state index contributed by atoms with van der Waals surface area (Å²) in [6.45, 7) is 3.40. The second-order valence-corrected chi connectivity index (χ2v) is 6.00. The highest BCUT2D eigenvalue weighted by atomic mass is 16.5. The van der Waals surface area contributed by atoms with Crippen LogP contribution in [0.4, 0.5) is 5.69 Å². The van der Waals surface area contributed by atoms with Gasteiger partial charge in [0.25, 0.3) is 0 Å². The lowest BCUT2D eigenvalue weighted by Gasteiger charge is -2.19. The van der Waals surface area contributed by atoms with Gasteiger partial charge in [0.1, 0.15) is 11.9 Å². The Morgan fingerprint density at radius 1 is 1.32 bits per heavy atom. The number of hydrogen-bond donors (Lipinski definition) is 1. The molecule has 1 aliphatic rings. The maximum atomic E-state index is 12.9. The predicted octanol–water partition coefficient (Wildman–Crippen LogP) is 2.56. The Bertz CT molecular complexity index is 902. The molecule has 0 saturated carbocycles. The molecule has 0 spiro atoms. The van der Waals surface area contributed by atoms with Gasteiger partial charge >= 0.3 is 0 Å². The first kappa shape index (κ1) is 15.7. The van der Waals surface area contributed by atoms with Crippen LogP contribution in [0.2, 0.25) is 0 Å². The number of ether oxygens (including phenoxy) is 1. The van der Waals surface area contributed by atoms with E-state index in [0.29, 0.717) is 18.7 Å². The maximum Gasteiger partial charge on any atom is 0.230 e. The summed E-state index contributed by atoms with van der Waals surface area (Å²) in [4.78, 5) is 25.7. The van der Waals surface area contributed by atoms with Gasteiger partial charge in [-0.3, -0.25) is 14.8 Å². The standard InChI is InChI=1S/C18H19N5O2/c1-2-23-9-8-21-17(23)16-12(5-10-25-16)18(24)22-15-4-7-20-14-3-6-19-11-13(14)15/h3-4,6-9,11-12,16H,2,5,10H2,1H3,(H,20,22,24)/t12-,16-/m1/s1. The molecule has 0 bridgehead atoms. The van der Waals surface area contributed by atoms with Crippen LogP contribution in [0.25, 0.3) is 10.9 Å². The first-order valence-corrected chi connectivity index (χ1v) is 8.40. The average Bonchev–Trinajstić information content (AvgIpc) is 3.30. The summed E-state index contributed by atoms with van der Waals surface area (Å²) in [5.41, 5.74) is 1.51. The number of carbonyl (C=O) groups excluding carboxylic acids is 1. The van der Waals surface area contributed by atoms with Gasteiger partial charge in [-0.05, 0) is 25.5 Å². The van der Waals surface area contributed by atoms with Crippen molar-refractivity contribution in [2.75, 3.05) is 11.9 Å². The van der Waals surface area contributed by atoms with E-state index in [2.05, 4.69) is 20.3 Å². The number of aryl methyl sites for hydroxylation is 1. The van der Waals surface area contributed by atoms with E-state index in [1.54, 1.807) is 30.9 Å². The number of fused-ring (bicyclic) bond motifs is 1. The van der Waals surface area contributed by atoms with Crippen LogP contribution in [-0.2, 0) is 16.1 Å². The fourth-order valence-corrected chi connectivity index (χ4v) is 3.28. The number of aromatic nitrogens is 4. The fraction of sp³-hybridized carbons (Fsp3) is 0.333. The number of nitrogens with zero attached hydrogens (tertiary/aromatic N) is 4. The number of carbonyl (C=O) groups is 1. The molecule has 0 aromatic carbocycles. The first-order valence-electron chi connectivity index (χ1n) is 8.40. The molecule has 7 nitrogen and oxygen atoms in total. The van der Waals surface area contributed by atoms with Gasteiger partial charge in [0.15, 0.2) is 0 Å². The summed E-state index contributed by atoms with van der Waals surface area (Å²) in [5.74, 6) is 0.471. The van der Waals surface area contributed by atoms with Crippen LogP contribution in [0.5, 0.6) is 0 Å². The molecule has 128 valence electrons. The Kier molecular flexibility index (Phi) is 4.15. The highest BCUT2D eigenvalue weighted by Crippen LogP contribution is 2.35. The minimum absolute atomic E-state index is 0.0653. The molecule has 2 atom stereocenters. The van der Waals surface area contributed by atoms with Gasteiger partial charge in [-0.2, -0.15) is 0 Å². The van der Waals surface area contributed by atoms with E-state index in [9.17, 15) is 4.79 Å². The van der Waals surface area contributed by atoms with Crippen LogP contribution in [0.1, 0.15) is 25.3 Å². The van der Waals surface area contributed by atoms with Crippen LogP contribution in [-0.4, -0.2) is 32.0 Å². The summed E-state index contributed by atoms with van der Waals surface area (Å²) < 4.78 is 7.85. The summed E-state index contributed by atoms with van der Waals surface area (Å²) in [7, 11) is 0. The summed E-state index contributed by atoms with van der Waals surface area (Å²) in [5, 5.41) is 3.84. The van der Waals surface area contributed by atoms with Gasteiger partial charge in [0.05, 0.1) is 17.1 Å². The molecule has 7 heteroatoms. The van der Waals surface area contributed by atoms with Crippen molar-refractivity contribution < 1.29 is 9.53 Å². The van der Waals surface area contributed by atoms with E-state index in [0.717, 1.165) is 23.3 Å². The second-order valence-electron chi connectivity index (χ2n) is 6.00. The second kappa shape index (κ2) is 6.60. The van der Waals surface area contributed by atoms with Crippen molar-refractivity contribution in [2.45, 2.75) is 26.0 Å². The zero-order chi connectivity index (χ0) is 17.2. The fourth-order valence-electron chi connectivity index (χ4n) is 3.28. The number of imidazole rings is 1. The first-order chi connectivity index (χ1) is 12.3. The molecule has 3 aromatic rings. The van der Waals surface area contributed by atoms with Crippen LogP contribution in [0.15, 0.2) is 43.1 Å². The van der Waals surface area contributed by atoms with Gasteiger partial charge in [0.2, 0.25) is 5.91 Å². The zero-order valence-corrected chi connectivity index (χ0v) is 13.9. The number of amides is 1. The lowest BCUT2D eigenvalue weighted by Crippen LogP contribution is -2.27. The average molecular weight is 337 g/mol. The summed E-state index contributed by atoms with van der Waals surface area (Å²) in [6.07, 6.45) is 9.10. The SMILES string of the molecule is CCn1ccnc1[C@@H]1OCC[C@H]1C(=O)Nc1ccnc2ccncc12. The lowest BCUT2D eigenvalue weighted by molar-refractivity contribution is -0.121. The van der Waals surface area contributed by atoms with E-state index in [1.165, 1.54) is 0 Å². The predicted molar refractivity (Wildman–Crippen MR) is 92.9 cm³/mol. The minimum atomic E-state index is -0.318. The smallest absolute Gasteiger partial charge is 0.230 e. The Labute approximate surface area is 145 Å². The normalized spacial score (nSPS) is 20.0. The van der Waals surface area contributed by atoms with Crippen molar-refractivity contribution in [3.63, 3.8) is 0 Å².